The highest BCUT2D eigenvalue weighted by Crippen LogP contribution is 2.28. The maximum Gasteiger partial charge on any atom is 0.244 e. The fourth-order valence-electron chi connectivity index (χ4n) is 1.85. The number of benzene rings is 1. The Labute approximate surface area is 134 Å². The molecule has 0 unspecified atom stereocenters. The molecule has 1 aromatic heterocycles. The van der Waals surface area contributed by atoms with E-state index in [0.29, 0.717) is 5.75 Å². The smallest absolute Gasteiger partial charge is 0.244 e. The van der Waals surface area contributed by atoms with E-state index >= 15 is 0 Å². The van der Waals surface area contributed by atoms with E-state index in [1.807, 2.05) is 13.8 Å². The minimum atomic E-state index is -3.69. The lowest BCUT2D eigenvalue weighted by Gasteiger charge is -2.11. The van der Waals surface area contributed by atoms with E-state index in [2.05, 4.69) is 9.71 Å². The molecule has 0 amide bonds. The topological polar surface area (TPSA) is 77.5 Å². The quantitative estimate of drug-likeness (QED) is 0.871. The van der Waals surface area contributed by atoms with Crippen molar-refractivity contribution in [3.63, 3.8) is 0 Å². The van der Waals surface area contributed by atoms with E-state index in [0.717, 1.165) is 15.6 Å². The van der Waals surface area contributed by atoms with Crippen molar-refractivity contribution in [1.82, 2.24) is 9.71 Å². The zero-order chi connectivity index (χ0) is 16.3. The molecule has 2 aromatic rings. The Morgan fingerprint density at radius 1 is 1.23 bits per heavy atom. The zero-order valence-electron chi connectivity index (χ0n) is 12.8. The lowest BCUT2D eigenvalue weighted by molar-refractivity contribution is 0.386. The van der Waals surface area contributed by atoms with Gasteiger partial charge < -0.3 is 9.47 Å². The van der Waals surface area contributed by atoms with Crippen LogP contribution in [-0.4, -0.2) is 27.6 Å². The normalized spacial score (nSPS) is 11.5. The number of sulfonamides is 1. The molecule has 0 aliphatic rings. The van der Waals surface area contributed by atoms with Gasteiger partial charge in [-0.25, -0.2) is 18.1 Å². The Kier molecular flexibility index (Phi) is 5.05. The predicted molar refractivity (Wildman–Crippen MR) is 85.2 cm³/mol. The van der Waals surface area contributed by atoms with E-state index in [-0.39, 0.29) is 17.2 Å². The first-order valence-electron chi connectivity index (χ1n) is 6.52. The lowest BCUT2D eigenvalue weighted by atomic mass is 10.3. The molecule has 0 saturated heterocycles. The van der Waals surface area contributed by atoms with E-state index < -0.39 is 10.0 Å². The van der Waals surface area contributed by atoms with Gasteiger partial charge in [-0.15, -0.1) is 11.3 Å². The lowest BCUT2D eigenvalue weighted by Crippen LogP contribution is -2.23. The molecule has 0 spiro atoms. The first kappa shape index (κ1) is 16.7. The maximum atomic E-state index is 12.4. The molecule has 0 radical (unpaired) electrons. The van der Waals surface area contributed by atoms with Crippen molar-refractivity contribution in [2.75, 3.05) is 14.2 Å². The number of aryl methyl sites for hydroxylation is 2. The van der Waals surface area contributed by atoms with E-state index in [1.165, 1.54) is 37.7 Å². The Morgan fingerprint density at radius 2 is 1.95 bits per heavy atom. The fraction of sp³-hybridized carbons (Fsp3) is 0.357. The zero-order valence-corrected chi connectivity index (χ0v) is 14.5. The fourth-order valence-corrected chi connectivity index (χ4v) is 3.95. The van der Waals surface area contributed by atoms with Gasteiger partial charge in [0.2, 0.25) is 10.0 Å². The summed E-state index contributed by atoms with van der Waals surface area (Å²) in [5.74, 6) is 0.764. The van der Waals surface area contributed by atoms with Crippen molar-refractivity contribution in [1.29, 1.82) is 0 Å². The highest BCUT2D eigenvalue weighted by molar-refractivity contribution is 7.89. The first-order valence-corrected chi connectivity index (χ1v) is 8.82. The van der Waals surface area contributed by atoms with Crippen molar-refractivity contribution >= 4 is 21.4 Å². The van der Waals surface area contributed by atoms with Crippen LogP contribution in [0.25, 0.3) is 0 Å². The van der Waals surface area contributed by atoms with E-state index in [4.69, 9.17) is 9.47 Å². The molecule has 1 heterocycles. The number of hydrogen-bond acceptors (Lipinski definition) is 6. The number of nitrogens with zero attached hydrogens (tertiary/aromatic N) is 1. The third kappa shape index (κ3) is 3.57. The number of nitrogens with one attached hydrogen (secondary N) is 1. The monoisotopic (exact) mass is 342 g/mol. The van der Waals surface area contributed by atoms with Crippen molar-refractivity contribution < 1.29 is 17.9 Å². The molecule has 0 fully saturated rings. The number of hydrogen-bond donors (Lipinski definition) is 1. The summed E-state index contributed by atoms with van der Waals surface area (Å²) >= 11 is 1.48. The predicted octanol–water partition coefficient (Wildman–Crippen LogP) is 2.26. The largest absolute Gasteiger partial charge is 0.497 e. The minimum Gasteiger partial charge on any atom is -0.497 e. The van der Waals surface area contributed by atoms with Crippen LogP contribution in [0.4, 0.5) is 0 Å². The molecule has 1 aromatic carbocycles. The summed E-state index contributed by atoms with van der Waals surface area (Å²) in [6, 6.07) is 4.57. The average molecular weight is 342 g/mol. The molecule has 2 rings (SSSR count). The highest BCUT2D eigenvalue weighted by atomic mass is 32.2. The first-order chi connectivity index (χ1) is 10.4. The van der Waals surface area contributed by atoms with Gasteiger partial charge in [0.15, 0.2) is 0 Å². The van der Waals surface area contributed by atoms with Crippen LogP contribution in [-0.2, 0) is 16.6 Å². The SMILES string of the molecule is COc1ccc(S(=O)(=O)NCc2nc(C)c(C)s2)c(OC)c1. The van der Waals surface area contributed by atoms with Crippen LogP contribution >= 0.6 is 11.3 Å². The number of rotatable bonds is 6. The second kappa shape index (κ2) is 6.64. The molecule has 120 valence electrons. The van der Waals surface area contributed by atoms with Gasteiger partial charge in [-0.3, -0.25) is 0 Å². The van der Waals surface area contributed by atoms with Gasteiger partial charge in [-0.2, -0.15) is 0 Å². The van der Waals surface area contributed by atoms with Gasteiger partial charge >= 0.3 is 0 Å². The summed E-state index contributed by atoms with van der Waals surface area (Å²) in [4.78, 5) is 5.47. The van der Waals surface area contributed by atoms with Gasteiger partial charge in [0, 0.05) is 10.9 Å². The number of methoxy groups -OCH3 is 2. The summed E-state index contributed by atoms with van der Waals surface area (Å²) in [5, 5.41) is 0.728. The summed E-state index contributed by atoms with van der Waals surface area (Å²) in [6.07, 6.45) is 0. The van der Waals surface area contributed by atoms with E-state index in [9.17, 15) is 8.42 Å². The molecule has 0 atom stereocenters. The number of aromatic nitrogens is 1. The summed E-state index contributed by atoms with van der Waals surface area (Å²) in [7, 11) is -0.767. The molecule has 1 N–H and O–H groups in total. The van der Waals surface area contributed by atoms with Crippen LogP contribution in [0.2, 0.25) is 0 Å². The Morgan fingerprint density at radius 3 is 2.50 bits per heavy atom. The molecule has 6 nitrogen and oxygen atoms in total. The van der Waals surface area contributed by atoms with Crippen molar-refractivity contribution in [3.05, 3.63) is 33.8 Å². The van der Waals surface area contributed by atoms with Crippen LogP contribution in [0.5, 0.6) is 11.5 Å². The molecular weight excluding hydrogens is 324 g/mol. The molecule has 22 heavy (non-hydrogen) atoms. The van der Waals surface area contributed by atoms with Crippen LogP contribution in [0.3, 0.4) is 0 Å². The Balaban J connectivity index is 2.23. The van der Waals surface area contributed by atoms with E-state index in [1.54, 1.807) is 6.07 Å². The second-order valence-electron chi connectivity index (χ2n) is 4.59. The maximum absolute atomic E-state index is 12.4. The van der Waals surface area contributed by atoms with Crippen molar-refractivity contribution in [3.8, 4) is 11.5 Å². The highest BCUT2D eigenvalue weighted by Gasteiger charge is 2.20. The summed E-state index contributed by atoms with van der Waals surface area (Å²) in [6.45, 7) is 4.00. The van der Waals surface area contributed by atoms with Gasteiger partial charge in [-0.1, -0.05) is 0 Å². The molecule has 0 bridgehead atoms. The summed E-state index contributed by atoms with van der Waals surface area (Å²) in [5.41, 5.74) is 0.918. The molecule has 0 aliphatic carbocycles. The third-order valence-corrected chi connectivity index (χ3v) is 5.66. The standard InChI is InChI=1S/C14H18N2O4S2/c1-9-10(2)21-14(16-9)8-15-22(17,18)13-6-5-11(19-3)7-12(13)20-4/h5-7,15H,8H2,1-4H3. The molecule has 0 aliphatic heterocycles. The molecular formula is C14H18N2O4S2. The third-order valence-electron chi connectivity index (χ3n) is 3.15. The molecule has 0 saturated carbocycles. The van der Waals surface area contributed by atoms with Gasteiger partial charge in [0.1, 0.15) is 21.4 Å². The van der Waals surface area contributed by atoms with Crippen LogP contribution < -0.4 is 14.2 Å². The van der Waals surface area contributed by atoms with Gasteiger partial charge in [-0.05, 0) is 26.0 Å². The second-order valence-corrected chi connectivity index (χ2v) is 7.61. The van der Waals surface area contributed by atoms with Crippen LogP contribution in [0.1, 0.15) is 15.6 Å². The van der Waals surface area contributed by atoms with Crippen molar-refractivity contribution in [2.45, 2.75) is 25.3 Å². The van der Waals surface area contributed by atoms with Gasteiger partial charge in [0.05, 0.1) is 26.5 Å². The summed E-state index contributed by atoms with van der Waals surface area (Å²) < 4.78 is 37.6. The molecule has 8 heteroatoms. The van der Waals surface area contributed by atoms with Crippen molar-refractivity contribution in [2.24, 2.45) is 0 Å². The minimum absolute atomic E-state index is 0.0702. The number of thiazole rings is 1. The van der Waals surface area contributed by atoms with Gasteiger partial charge in [0.25, 0.3) is 0 Å². The van der Waals surface area contributed by atoms with Crippen LogP contribution in [0, 0.1) is 13.8 Å². The Hall–Kier alpha value is -1.64. The van der Waals surface area contributed by atoms with Crippen LogP contribution in [0.15, 0.2) is 23.1 Å². The number of ether oxygens (including phenoxy) is 2. The average Bonchev–Trinajstić information content (AvgIpc) is 2.83. The Bertz CT molecular complexity index is 750.